The Kier molecular flexibility index (Phi) is 12.7. The molecule has 1 heterocycles. The van der Waals surface area contributed by atoms with E-state index in [4.69, 9.17) is 38.4 Å². The predicted octanol–water partition coefficient (Wildman–Crippen LogP) is 7.41. The fourth-order valence-electron chi connectivity index (χ4n) is 4.40. The number of aryl methyl sites for hydroxylation is 1. The van der Waals surface area contributed by atoms with Gasteiger partial charge in [0.2, 0.25) is 5.91 Å². The molecule has 218 valence electrons. The topological polar surface area (TPSA) is 64.8 Å². The second-order valence-corrected chi connectivity index (χ2v) is 9.83. The zero-order chi connectivity index (χ0) is 27.3. The highest BCUT2D eigenvalue weighted by atomic mass is 35.5. The molecular formula is C28H29Cl4F3N2O3. The molecule has 4 rings (SSSR count). The predicted molar refractivity (Wildman–Crippen MR) is 157 cm³/mol. The fraction of sp³-hybridized carbons (Fsp3) is 0.321. The molecule has 1 aliphatic heterocycles. The highest BCUT2D eigenvalue weighted by molar-refractivity contribution is 6.35. The van der Waals surface area contributed by atoms with Gasteiger partial charge in [-0.3, -0.25) is 4.79 Å². The van der Waals surface area contributed by atoms with Crippen LogP contribution < -0.4 is 20.1 Å². The van der Waals surface area contributed by atoms with Crippen molar-refractivity contribution in [1.29, 1.82) is 0 Å². The van der Waals surface area contributed by atoms with Gasteiger partial charge in [0, 0.05) is 23.8 Å². The normalized spacial score (nSPS) is 13.4. The molecule has 1 unspecified atom stereocenters. The van der Waals surface area contributed by atoms with Crippen LogP contribution in [0.1, 0.15) is 23.1 Å². The lowest BCUT2D eigenvalue weighted by Crippen LogP contribution is -2.42. The van der Waals surface area contributed by atoms with Crippen molar-refractivity contribution in [2.45, 2.75) is 25.4 Å². The molecule has 5 nitrogen and oxygen atoms in total. The molecule has 0 aliphatic carbocycles. The van der Waals surface area contributed by atoms with E-state index in [1.807, 2.05) is 12.1 Å². The SMILES string of the molecule is Cl.Cl.NCC(Cc1ccc(OCCOc2ccc(Cl)cc2Cl)cc1)C(=O)N1CCCc2cc(C(F)(F)F)ccc21. The van der Waals surface area contributed by atoms with E-state index in [-0.39, 0.29) is 43.9 Å². The minimum Gasteiger partial charge on any atom is -0.490 e. The minimum atomic E-state index is -4.42. The molecule has 12 heteroatoms. The zero-order valence-corrected chi connectivity index (χ0v) is 24.4. The lowest BCUT2D eigenvalue weighted by molar-refractivity contribution is -0.137. The van der Waals surface area contributed by atoms with Gasteiger partial charge in [0.25, 0.3) is 0 Å². The summed E-state index contributed by atoms with van der Waals surface area (Å²) in [6.07, 6.45) is -2.93. The van der Waals surface area contributed by atoms with Crippen molar-refractivity contribution >= 4 is 59.6 Å². The molecule has 1 atom stereocenters. The quantitative estimate of drug-likeness (QED) is 0.248. The van der Waals surface area contributed by atoms with Crippen molar-refractivity contribution in [3.8, 4) is 11.5 Å². The number of amides is 1. The number of fused-ring (bicyclic) bond motifs is 1. The van der Waals surface area contributed by atoms with Crippen LogP contribution in [0.15, 0.2) is 60.7 Å². The van der Waals surface area contributed by atoms with Crippen LogP contribution in [-0.2, 0) is 23.8 Å². The number of ether oxygens (including phenoxy) is 2. The maximum absolute atomic E-state index is 13.3. The van der Waals surface area contributed by atoms with Crippen LogP contribution in [0.4, 0.5) is 18.9 Å². The molecule has 0 bridgehead atoms. The zero-order valence-electron chi connectivity index (χ0n) is 21.3. The number of hydrogen-bond acceptors (Lipinski definition) is 4. The molecule has 2 N–H and O–H groups in total. The van der Waals surface area contributed by atoms with Crippen LogP contribution in [-0.4, -0.2) is 32.2 Å². The summed E-state index contributed by atoms with van der Waals surface area (Å²) in [6.45, 7) is 1.15. The van der Waals surface area contributed by atoms with Crippen LogP contribution in [0.5, 0.6) is 11.5 Å². The Labute approximate surface area is 253 Å². The molecule has 1 aliphatic rings. The maximum atomic E-state index is 13.3. The van der Waals surface area contributed by atoms with Gasteiger partial charge in [0.05, 0.1) is 16.5 Å². The summed E-state index contributed by atoms with van der Waals surface area (Å²) in [4.78, 5) is 14.9. The number of rotatable bonds is 9. The third kappa shape index (κ3) is 8.57. The van der Waals surface area contributed by atoms with Gasteiger partial charge in [-0.15, -0.1) is 24.8 Å². The van der Waals surface area contributed by atoms with Gasteiger partial charge in [-0.1, -0.05) is 35.3 Å². The molecule has 3 aromatic rings. The molecule has 0 saturated heterocycles. The third-order valence-electron chi connectivity index (χ3n) is 6.33. The number of carbonyl (C=O) groups is 1. The van der Waals surface area contributed by atoms with Gasteiger partial charge in [-0.2, -0.15) is 13.2 Å². The highest BCUT2D eigenvalue weighted by Gasteiger charge is 2.33. The Bertz CT molecular complexity index is 1280. The smallest absolute Gasteiger partial charge is 0.416 e. The molecule has 0 spiro atoms. The summed E-state index contributed by atoms with van der Waals surface area (Å²) in [5, 5.41) is 0.947. The Hall–Kier alpha value is -2.36. The largest absolute Gasteiger partial charge is 0.490 e. The molecule has 0 saturated carbocycles. The maximum Gasteiger partial charge on any atom is 0.416 e. The average molecular weight is 640 g/mol. The van der Waals surface area contributed by atoms with Crippen LogP contribution >= 0.6 is 48.0 Å². The van der Waals surface area contributed by atoms with Gasteiger partial charge < -0.3 is 20.1 Å². The molecule has 0 aromatic heterocycles. The van der Waals surface area contributed by atoms with E-state index < -0.39 is 17.7 Å². The van der Waals surface area contributed by atoms with E-state index in [0.29, 0.717) is 65.2 Å². The standard InChI is InChI=1S/C28H27Cl2F3N2O3.2ClH/c29-22-6-10-26(24(30)16-22)38-13-12-37-23-7-3-18(4-8-23)14-20(17-34)27(36)35-11-1-2-19-15-21(28(31,32)33)5-9-25(19)35;;/h3-10,15-16,20H,1-2,11-14,17,34H2;2*1H. The monoisotopic (exact) mass is 638 g/mol. The summed E-state index contributed by atoms with van der Waals surface area (Å²) in [6, 6.07) is 15.9. The van der Waals surface area contributed by atoms with Crippen LogP contribution in [0.25, 0.3) is 0 Å². The van der Waals surface area contributed by atoms with E-state index in [1.54, 1.807) is 35.2 Å². The Balaban J connectivity index is 0.00000280. The first kappa shape index (κ1) is 33.8. The van der Waals surface area contributed by atoms with E-state index in [2.05, 4.69) is 0 Å². The van der Waals surface area contributed by atoms with Gasteiger partial charge in [-0.25, -0.2) is 0 Å². The Morgan fingerprint density at radius 2 is 1.68 bits per heavy atom. The second-order valence-electron chi connectivity index (χ2n) is 8.99. The van der Waals surface area contributed by atoms with Crippen molar-refractivity contribution in [3.63, 3.8) is 0 Å². The molecule has 0 fully saturated rings. The summed E-state index contributed by atoms with van der Waals surface area (Å²) in [7, 11) is 0. The lowest BCUT2D eigenvalue weighted by atomic mass is 9.94. The highest BCUT2D eigenvalue weighted by Crippen LogP contribution is 2.36. The van der Waals surface area contributed by atoms with Gasteiger partial charge in [-0.05, 0) is 78.9 Å². The summed E-state index contributed by atoms with van der Waals surface area (Å²) in [5.74, 6) is 0.462. The van der Waals surface area contributed by atoms with E-state index in [1.165, 1.54) is 6.07 Å². The van der Waals surface area contributed by atoms with Crippen molar-refractivity contribution in [3.05, 3.63) is 87.4 Å². The number of anilines is 1. The third-order valence-corrected chi connectivity index (χ3v) is 6.86. The number of nitrogens with two attached hydrogens (primary N) is 1. The van der Waals surface area contributed by atoms with Gasteiger partial charge >= 0.3 is 6.18 Å². The average Bonchev–Trinajstić information content (AvgIpc) is 2.90. The van der Waals surface area contributed by atoms with Crippen LogP contribution in [0.3, 0.4) is 0 Å². The number of hydrogen-bond donors (Lipinski definition) is 1. The second kappa shape index (κ2) is 15.0. The van der Waals surface area contributed by atoms with E-state index in [9.17, 15) is 18.0 Å². The number of carbonyl (C=O) groups excluding carboxylic acids is 1. The summed E-state index contributed by atoms with van der Waals surface area (Å²) >= 11 is 12.0. The van der Waals surface area contributed by atoms with Crippen molar-refractivity contribution in [2.75, 3.05) is 31.2 Å². The molecular weight excluding hydrogens is 611 g/mol. The molecule has 3 aromatic carbocycles. The summed E-state index contributed by atoms with van der Waals surface area (Å²) < 4.78 is 50.7. The van der Waals surface area contributed by atoms with Crippen molar-refractivity contribution < 1.29 is 27.4 Å². The summed E-state index contributed by atoms with van der Waals surface area (Å²) in [5.41, 5.74) is 7.20. The van der Waals surface area contributed by atoms with Crippen LogP contribution in [0.2, 0.25) is 10.0 Å². The number of halogens is 7. The Morgan fingerprint density at radius 1 is 0.975 bits per heavy atom. The number of benzene rings is 3. The first-order chi connectivity index (χ1) is 18.2. The molecule has 40 heavy (non-hydrogen) atoms. The fourth-order valence-corrected chi connectivity index (χ4v) is 4.87. The first-order valence-electron chi connectivity index (χ1n) is 12.2. The minimum absolute atomic E-state index is 0. The number of nitrogens with zero attached hydrogens (tertiary/aromatic N) is 1. The van der Waals surface area contributed by atoms with Crippen LogP contribution in [0, 0.1) is 5.92 Å². The lowest BCUT2D eigenvalue weighted by Gasteiger charge is -2.32. The number of alkyl halides is 3. The van der Waals surface area contributed by atoms with E-state index >= 15 is 0 Å². The van der Waals surface area contributed by atoms with Gasteiger partial charge in [0.1, 0.15) is 24.7 Å². The molecule has 1 amide bonds. The first-order valence-corrected chi connectivity index (χ1v) is 12.9. The van der Waals surface area contributed by atoms with Gasteiger partial charge in [0.15, 0.2) is 0 Å². The molecule has 0 radical (unpaired) electrons. The van der Waals surface area contributed by atoms with Crippen molar-refractivity contribution in [2.24, 2.45) is 11.7 Å². The Morgan fingerprint density at radius 3 is 2.33 bits per heavy atom. The van der Waals surface area contributed by atoms with Crippen molar-refractivity contribution in [1.82, 2.24) is 0 Å². The van der Waals surface area contributed by atoms with E-state index in [0.717, 1.165) is 17.7 Å².